The predicted molar refractivity (Wildman–Crippen MR) is 59.2 cm³/mol. The minimum atomic E-state index is -0.169. The molecule has 0 heterocycles. The molecule has 1 atom stereocenters. The average Bonchev–Trinajstić information content (AvgIpc) is 2.17. The summed E-state index contributed by atoms with van der Waals surface area (Å²) in [7, 11) is 1.41. The van der Waals surface area contributed by atoms with Gasteiger partial charge in [-0.25, -0.2) is 0 Å². The van der Waals surface area contributed by atoms with Crippen LogP contribution in [-0.4, -0.2) is 13.1 Å². The second-order valence-electron chi connectivity index (χ2n) is 3.24. The van der Waals surface area contributed by atoms with Crippen molar-refractivity contribution in [2.24, 2.45) is 0 Å². The Hall–Kier alpha value is -0.830. The number of carbonyl (C=O) groups is 1. The summed E-state index contributed by atoms with van der Waals surface area (Å²) in [5.41, 5.74) is 1.14. The molecule has 0 spiro atoms. The van der Waals surface area contributed by atoms with Gasteiger partial charge in [0.05, 0.1) is 13.5 Å². The largest absolute Gasteiger partial charge is 0.469 e. The second kappa shape index (κ2) is 5.15. The molecule has 0 aromatic heterocycles. The molecule has 2 nitrogen and oxygen atoms in total. The molecule has 1 rings (SSSR count). The summed E-state index contributed by atoms with van der Waals surface area (Å²) >= 11 is 3.40. The van der Waals surface area contributed by atoms with Crippen molar-refractivity contribution in [3.63, 3.8) is 0 Å². The van der Waals surface area contributed by atoms with Crippen LogP contribution < -0.4 is 0 Å². The second-order valence-corrected chi connectivity index (χ2v) is 4.15. The average molecular weight is 257 g/mol. The third-order valence-electron chi connectivity index (χ3n) is 2.12. The summed E-state index contributed by atoms with van der Waals surface area (Å²) in [6.45, 7) is 2.01. The van der Waals surface area contributed by atoms with E-state index in [1.807, 2.05) is 31.2 Å². The number of ether oxygens (including phenoxy) is 1. The predicted octanol–water partition coefficient (Wildman–Crippen LogP) is 3.12. The van der Waals surface area contributed by atoms with Gasteiger partial charge in [-0.1, -0.05) is 35.0 Å². The number of halogens is 1. The molecule has 1 unspecified atom stereocenters. The molecule has 1 aromatic carbocycles. The number of benzene rings is 1. The van der Waals surface area contributed by atoms with Crippen molar-refractivity contribution in [2.75, 3.05) is 7.11 Å². The van der Waals surface area contributed by atoms with Crippen LogP contribution in [0.5, 0.6) is 0 Å². The van der Waals surface area contributed by atoms with Gasteiger partial charge in [0.25, 0.3) is 0 Å². The Balaban J connectivity index is 2.69. The summed E-state index contributed by atoms with van der Waals surface area (Å²) in [6, 6.07) is 7.97. The van der Waals surface area contributed by atoms with Crippen molar-refractivity contribution in [3.05, 3.63) is 34.3 Å². The summed E-state index contributed by atoms with van der Waals surface area (Å²) in [5, 5.41) is 0. The van der Waals surface area contributed by atoms with Gasteiger partial charge in [0.2, 0.25) is 0 Å². The van der Waals surface area contributed by atoms with E-state index in [-0.39, 0.29) is 11.9 Å². The third-order valence-corrected chi connectivity index (χ3v) is 2.61. The molecule has 0 bridgehead atoms. The fourth-order valence-electron chi connectivity index (χ4n) is 1.26. The number of hydrogen-bond donors (Lipinski definition) is 0. The zero-order chi connectivity index (χ0) is 10.6. The minimum Gasteiger partial charge on any atom is -0.469 e. The lowest BCUT2D eigenvalue weighted by Crippen LogP contribution is -2.05. The SMILES string of the molecule is COC(=O)CC(C)c1cccc(Br)c1. The van der Waals surface area contributed by atoms with Crippen LogP contribution in [0.25, 0.3) is 0 Å². The smallest absolute Gasteiger partial charge is 0.306 e. The molecule has 1 aromatic rings. The highest BCUT2D eigenvalue weighted by atomic mass is 79.9. The van der Waals surface area contributed by atoms with E-state index in [4.69, 9.17) is 0 Å². The van der Waals surface area contributed by atoms with Gasteiger partial charge in [0.15, 0.2) is 0 Å². The van der Waals surface area contributed by atoms with E-state index in [1.165, 1.54) is 7.11 Å². The molecule has 0 radical (unpaired) electrons. The highest BCUT2D eigenvalue weighted by Gasteiger charge is 2.11. The van der Waals surface area contributed by atoms with E-state index in [9.17, 15) is 4.79 Å². The maximum Gasteiger partial charge on any atom is 0.306 e. The van der Waals surface area contributed by atoms with Gasteiger partial charge >= 0.3 is 5.97 Å². The van der Waals surface area contributed by atoms with Crippen molar-refractivity contribution < 1.29 is 9.53 Å². The molecule has 0 N–H and O–H groups in total. The highest BCUT2D eigenvalue weighted by molar-refractivity contribution is 9.10. The van der Waals surface area contributed by atoms with Crippen LogP contribution in [0.4, 0.5) is 0 Å². The van der Waals surface area contributed by atoms with E-state index in [1.54, 1.807) is 0 Å². The number of methoxy groups -OCH3 is 1. The van der Waals surface area contributed by atoms with Gasteiger partial charge in [0.1, 0.15) is 0 Å². The molecular weight excluding hydrogens is 244 g/mol. The van der Waals surface area contributed by atoms with Crippen molar-refractivity contribution in [3.8, 4) is 0 Å². The van der Waals surface area contributed by atoms with E-state index in [0.717, 1.165) is 10.0 Å². The van der Waals surface area contributed by atoms with Crippen molar-refractivity contribution in [2.45, 2.75) is 19.3 Å². The lowest BCUT2D eigenvalue weighted by molar-refractivity contribution is -0.140. The summed E-state index contributed by atoms with van der Waals surface area (Å²) in [5.74, 6) is 0.0254. The number of rotatable bonds is 3. The Bertz CT molecular complexity index is 323. The maximum absolute atomic E-state index is 11.0. The van der Waals surface area contributed by atoms with E-state index in [2.05, 4.69) is 20.7 Å². The first-order valence-corrected chi connectivity index (χ1v) is 5.25. The van der Waals surface area contributed by atoms with Crippen LogP contribution in [-0.2, 0) is 9.53 Å². The van der Waals surface area contributed by atoms with Crippen LogP contribution in [0.1, 0.15) is 24.8 Å². The number of esters is 1. The molecule has 0 saturated heterocycles. The fourth-order valence-corrected chi connectivity index (χ4v) is 1.68. The molecule has 0 aliphatic heterocycles. The van der Waals surface area contributed by atoms with Crippen LogP contribution in [0.3, 0.4) is 0 Å². The summed E-state index contributed by atoms with van der Waals surface area (Å²) < 4.78 is 5.66. The van der Waals surface area contributed by atoms with Crippen LogP contribution in [0.15, 0.2) is 28.7 Å². The Morgan fingerprint density at radius 3 is 2.86 bits per heavy atom. The molecular formula is C11H13BrO2. The standard InChI is InChI=1S/C11H13BrO2/c1-8(6-11(13)14-2)9-4-3-5-10(12)7-9/h3-5,7-8H,6H2,1-2H3. The Kier molecular flexibility index (Phi) is 4.14. The van der Waals surface area contributed by atoms with Gasteiger partial charge < -0.3 is 4.74 Å². The van der Waals surface area contributed by atoms with E-state index in [0.29, 0.717) is 6.42 Å². The van der Waals surface area contributed by atoms with Gasteiger partial charge in [0, 0.05) is 4.47 Å². The molecule has 0 amide bonds. The van der Waals surface area contributed by atoms with Crippen LogP contribution in [0.2, 0.25) is 0 Å². The topological polar surface area (TPSA) is 26.3 Å². The molecule has 0 fully saturated rings. The zero-order valence-corrected chi connectivity index (χ0v) is 9.87. The first kappa shape index (κ1) is 11.2. The van der Waals surface area contributed by atoms with Crippen molar-refractivity contribution in [1.82, 2.24) is 0 Å². The third kappa shape index (κ3) is 3.14. The minimum absolute atomic E-state index is 0.169. The molecule has 14 heavy (non-hydrogen) atoms. The van der Waals surface area contributed by atoms with Gasteiger partial charge in [-0.2, -0.15) is 0 Å². The van der Waals surface area contributed by atoms with E-state index < -0.39 is 0 Å². The summed E-state index contributed by atoms with van der Waals surface area (Å²) in [4.78, 5) is 11.0. The van der Waals surface area contributed by atoms with Crippen LogP contribution in [0, 0.1) is 0 Å². The van der Waals surface area contributed by atoms with Gasteiger partial charge in [-0.15, -0.1) is 0 Å². The Labute approximate surface area is 92.4 Å². The highest BCUT2D eigenvalue weighted by Crippen LogP contribution is 2.22. The van der Waals surface area contributed by atoms with Gasteiger partial charge in [-0.3, -0.25) is 4.79 Å². The van der Waals surface area contributed by atoms with Gasteiger partial charge in [-0.05, 0) is 23.6 Å². The normalized spacial score (nSPS) is 12.2. The van der Waals surface area contributed by atoms with E-state index >= 15 is 0 Å². The quantitative estimate of drug-likeness (QED) is 0.777. The number of carbonyl (C=O) groups excluding carboxylic acids is 1. The lowest BCUT2D eigenvalue weighted by Gasteiger charge is -2.10. The fraction of sp³-hybridized carbons (Fsp3) is 0.364. The molecule has 76 valence electrons. The molecule has 0 aliphatic rings. The zero-order valence-electron chi connectivity index (χ0n) is 8.29. The first-order valence-electron chi connectivity index (χ1n) is 4.45. The van der Waals surface area contributed by atoms with Crippen molar-refractivity contribution in [1.29, 1.82) is 0 Å². The Morgan fingerprint density at radius 2 is 2.29 bits per heavy atom. The van der Waals surface area contributed by atoms with Crippen molar-refractivity contribution >= 4 is 21.9 Å². The lowest BCUT2D eigenvalue weighted by atomic mass is 9.98. The Morgan fingerprint density at radius 1 is 1.57 bits per heavy atom. The number of hydrogen-bond acceptors (Lipinski definition) is 2. The first-order chi connectivity index (χ1) is 6.63. The molecule has 0 aliphatic carbocycles. The molecule has 3 heteroatoms. The summed E-state index contributed by atoms with van der Waals surface area (Å²) in [6.07, 6.45) is 0.424. The van der Waals surface area contributed by atoms with Crippen LogP contribution >= 0.6 is 15.9 Å². The molecule has 0 saturated carbocycles. The maximum atomic E-state index is 11.0. The monoisotopic (exact) mass is 256 g/mol.